The molecule has 0 spiro atoms. The number of para-hydroxylation sites is 1. The van der Waals surface area contributed by atoms with E-state index in [-0.39, 0.29) is 5.97 Å². The molecule has 1 aliphatic heterocycles. The van der Waals surface area contributed by atoms with Crippen LogP contribution in [-0.2, 0) is 4.74 Å². The van der Waals surface area contributed by atoms with E-state index in [1.54, 1.807) is 29.7 Å². The summed E-state index contributed by atoms with van der Waals surface area (Å²) < 4.78 is 6.13. The average Bonchev–Trinajstić information content (AvgIpc) is 3.12. The third-order valence-corrected chi connectivity index (χ3v) is 5.85. The van der Waals surface area contributed by atoms with Crippen LogP contribution < -0.4 is 4.90 Å². The number of pyridine rings is 1. The SMILES string of the molecule is COC(=O)c1cccnc1N1CCC(c2nc3ccccc3s2)CC1. The number of esters is 1. The van der Waals surface area contributed by atoms with Crippen molar-refractivity contribution in [2.75, 3.05) is 25.1 Å². The summed E-state index contributed by atoms with van der Waals surface area (Å²) in [5.74, 6) is 0.854. The van der Waals surface area contributed by atoms with Crippen molar-refractivity contribution in [1.29, 1.82) is 0 Å². The molecule has 2 aromatic heterocycles. The lowest BCUT2D eigenvalue weighted by molar-refractivity contribution is 0.0601. The zero-order valence-corrected chi connectivity index (χ0v) is 14.8. The fourth-order valence-electron chi connectivity index (χ4n) is 3.32. The van der Waals surface area contributed by atoms with E-state index in [0.29, 0.717) is 11.5 Å². The number of anilines is 1. The molecule has 0 N–H and O–H groups in total. The summed E-state index contributed by atoms with van der Waals surface area (Å²) in [6, 6.07) is 11.8. The monoisotopic (exact) mass is 353 g/mol. The first-order valence-electron chi connectivity index (χ1n) is 8.40. The molecule has 0 radical (unpaired) electrons. The number of thiazole rings is 1. The highest BCUT2D eigenvalue weighted by Gasteiger charge is 2.26. The van der Waals surface area contributed by atoms with Crippen LogP contribution in [0, 0.1) is 0 Å². The quantitative estimate of drug-likeness (QED) is 0.669. The van der Waals surface area contributed by atoms with Crippen molar-refractivity contribution in [1.82, 2.24) is 9.97 Å². The Kier molecular flexibility index (Phi) is 4.36. The number of methoxy groups -OCH3 is 1. The number of rotatable bonds is 3. The van der Waals surface area contributed by atoms with E-state index < -0.39 is 0 Å². The number of fused-ring (bicyclic) bond motifs is 1. The lowest BCUT2D eigenvalue weighted by atomic mass is 9.97. The maximum absolute atomic E-state index is 12.0. The molecule has 0 bridgehead atoms. The van der Waals surface area contributed by atoms with E-state index in [0.717, 1.165) is 37.3 Å². The van der Waals surface area contributed by atoms with Crippen LogP contribution in [0.25, 0.3) is 10.2 Å². The Hall–Kier alpha value is -2.47. The van der Waals surface area contributed by atoms with Crippen LogP contribution in [0.5, 0.6) is 0 Å². The van der Waals surface area contributed by atoms with Gasteiger partial charge >= 0.3 is 5.97 Å². The van der Waals surface area contributed by atoms with Crippen LogP contribution in [0.1, 0.15) is 34.1 Å². The molecule has 4 rings (SSSR count). The number of aromatic nitrogens is 2. The largest absolute Gasteiger partial charge is 0.465 e. The normalized spacial score (nSPS) is 15.5. The molecule has 1 aromatic carbocycles. The van der Waals surface area contributed by atoms with Crippen molar-refractivity contribution in [3.8, 4) is 0 Å². The van der Waals surface area contributed by atoms with Crippen molar-refractivity contribution in [3.05, 3.63) is 53.2 Å². The van der Waals surface area contributed by atoms with Crippen LogP contribution in [0.3, 0.4) is 0 Å². The standard InChI is InChI=1S/C19H19N3O2S/c1-24-19(23)14-5-4-10-20-17(14)22-11-8-13(9-12-22)18-21-15-6-2-3-7-16(15)25-18/h2-7,10,13H,8-9,11-12H2,1H3. The Bertz CT molecular complexity index is 867. The molecule has 0 atom stereocenters. The van der Waals surface area contributed by atoms with Crippen LogP contribution in [0.2, 0.25) is 0 Å². The van der Waals surface area contributed by atoms with E-state index in [1.807, 2.05) is 6.07 Å². The van der Waals surface area contributed by atoms with Crippen molar-refractivity contribution in [2.24, 2.45) is 0 Å². The number of carbonyl (C=O) groups excluding carboxylic acids is 1. The maximum Gasteiger partial charge on any atom is 0.341 e. The highest BCUT2D eigenvalue weighted by molar-refractivity contribution is 7.18. The van der Waals surface area contributed by atoms with Gasteiger partial charge in [0.1, 0.15) is 11.4 Å². The first kappa shape index (κ1) is 16.0. The Morgan fingerprint density at radius 3 is 2.76 bits per heavy atom. The molecule has 3 heterocycles. The van der Waals surface area contributed by atoms with Crippen LogP contribution >= 0.6 is 11.3 Å². The topological polar surface area (TPSA) is 55.3 Å². The number of carbonyl (C=O) groups is 1. The summed E-state index contributed by atoms with van der Waals surface area (Å²) in [6.45, 7) is 1.73. The second-order valence-corrected chi connectivity index (χ2v) is 7.21. The number of piperidine rings is 1. The molecule has 0 saturated carbocycles. The summed E-state index contributed by atoms with van der Waals surface area (Å²) in [5.41, 5.74) is 1.62. The molecule has 1 saturated heterocycles. The Labute approximate surface area is 150 Å². The van der Waals surface area contributed by atoms with Gasteiger partial charge in [0.2, 0.25) is 0 Å². The van der Waals surface area contributed by atoms with Gasteiger partial charge < -0.3 is 9.64 Å². The fraction of sp³-hybridized carbons (Fsp3) is 0.316. The molecule has 0 amide bonds. The average molecular weight is 353 g/mol. The molecule has 3 aromatic rings. The number of hydrogen-bond donors (Lipinski definition) is 0. The third-order valence-electron chi connectivity index (χ3n) is 4.65. The maximum atomic E-state index is 12.0. The second-order valence-electron chi connectivity index (χ2n) is 6.15. The number of nitrogens with zero attached hydrogens (tertiary/aromatic N) is 3. The molecule has 0 aliphatic carbocycles. The van der Waals surface area contributed by atoms with Crippen LogP contribution in [0.4, 0.5) is 5.82 Å². The minimum Gasteiger partial charge on any atom is -0.465 e. The van der Waals surface area contributed by atoms with Gasteiger partial charge in [-0.3, -0.25) is 0 Å². The van der Waals surface area contributed by atoms with Gasteiger partial charge in [0.05, 0.1) is 22.3 Å². The Morgan fingerprint density at radius 1 is 1.20 bits per heavy atom. The van der Waals surface area contributed by atoms with Crippen molar-refractivity contribution < 1.29 is 9.53 Å². The zero-order chi connectivity index (χ0) is 17.2. The van der Waals surface area contributed by atoms with E-state index in [4.69, 9.17) is 9.72 Å². The van der Waals surface area contributed by atoms with Gasteiger partial charge in [-0.15, -0.1) is 11.3 Å². The third kappa shape index (κ3) is 3.09. The summed E-state index contributed by atoms with van der Waals surface area (Å²) in [5, 5.41) is 1.22. The first-order chi connectivity index (χ1) is 12.3. The minimum absolute atomic E-state index is 0.337. The smallest absolute Gasteiger partial charge is 0.341 e. The van der Waals surface area contributed by atoms with Crippen molar-refractivity contribution in [3.63, 3.8) is 0 Å². The predicted molar refractivity (Wildman–Crippen MR) is 99.4 cm³/mol. The Morgan fingerprint density at radius 2 is 2.00 bits per heavy atom. The van der Waals surface area contributed by atoms with E-state index in [2.05, 4.69) is 28.1 Å². The van der Waals surface area contributed by atoms with Crippen molar-refractivity contribution >= 4 is 33.3 Å². The molecular weight excluding hydrogens is 334 g/mol. The predicted octanol–water partition coefficient (Wildman–Crippen LogP) is 3.86. The van der Waals surface area contributed by atoms with Gasteiger partial charge in [-0.25, -0.2) is 14.8 Å². The molecule has 128 valence electrons. The summed E-state index contributed by atoms with van der Waals surface area (Å²) >= 11 is 1.79. The molecule has 25 heavy (non-hydrogen) atoms. The number of ether oxygens (including phenoxy) is 1. The van der Waals surface area contributed by atoms with Gasteiger partial charge in [-0.1, -0.05) is 12.1 Å². The summed E-state index contributed by atoms with van der Waals surface area (Å²) in [6.07, 6.45) is 3.75. The molecule has 6 heteroatoms. The van der Waals surface area contributed by atoms with Crippen LogP contribution in [-0.4, -0.2) is 36.1 Å². The van der Waals surface area contributed by atoms with Gasteiger partial charge in [-0.2, -0.15) is 0 Å². The molecule has 5 nitrogen and oxygen atoms in total. The second kappa shape index (κ2) is 6.80. The van der Waals surface area contributed by atoms with E-state index in [9.17, 15) is 4.79 Å². The van der Waals surface area contributed by atoms with Crippen LogP contribution in [0.15, 0.2) is 42.6 Å². The molecule has 0 unspecified atom stereocenters. The Balaban J connectivity index is 1.51. The highest BCUT2D eigenvalue weighted by Crippen LogP contribution is 2.35. The lowest BCUT2D eigenvalue weighted by Gasteiger charge is -2.32. The summed E-state index contributed by atoms with van der Waals surface area (Å²) in [7, 11) is 1.40. The van der Waals surface area contributed by atoms with Crippen molar-refractivity contribution in [2.45, 2.75) is 18.8 Å². The zero-order valence-electron chi connectivity index (χ0n) is 14.0. The van der Waals surface area contributed by atoms with E-state index >= 15 is 0 Å². The minimum atomic E-state index is -0.337. The highest BCUT2D eigenvalue weighted by atomic mass is 32.1. The van der Waals surface area contributed by atoms with Gasteiger partial charge in [0.15, 0.2) is 0 Å². The van der Waals surface area contributed by atoms with Gasteiger partial charge in [0, 0.05) is 25.2 Å². The fourth-order valence-corrected chi connectivity index (χ4v) is 4.46. The first-order valence-corrected chi connectivity index (χ1v) is 9.21. The summed E-state index contributed by atoms with van der Waals surface area (Å²) in [4.78, 5) is 23.4. The van der Waals surface area contributed by atoms with E-state index in [1.165, 1.54) is 16.8 Å². The number of hydrogen-bond acceptors (Lipinski definition) is 6. The lowest BCUT2D eigenvalue weighted by Crippen LogP contribution is -2.34. The molecular formula is C19H19N3O2S. The van der Waals surface area contributed by atoms with Gasteiger partial charge in [0.25, 0.3) is 0 Å². The van der Waals surface area contributed by atoms with Gasteiger partial charge in [-0.05, 0) is 37.1 Å². The number of benzene rings is 1. The molecule has 1 fully saturated rings. The molecule has 1 aliphatic rings.